The number of carbonyl (C=O) groups excluding carboxylic acids is 1. The Kier molecular flexibility index (Phi) is 6.19. The first-order valence-corrected chi connectivity index (χ1v) is 12.5. The Morgan fingerprint density at radius 3 is 2.56 bits per heavy atom. The predicted octanol–water partition coefficient (Wildman–Crippen LogP) is 7.32. The molecule has 0 amide bonds. The van der Waals surface area contributed by atoms with E-state index in [-0.39, 0.29) is 11.2 Å². The number of benzene rings is 1. The van der Waals surface area contributed by atoms with Crippen LogP contribution in [0.3, 0.4) is 0 Å². The normalized spacial score (nSPS) is 40.9. The molecule has 2 bridgehead atoms. The highest BCUT2D eigenvalue weighted by Gasteiger charge is 2.56. The zero-order valence-electron chi connectivity index (χ0n) is 20.3. The van der Waals surface area contributed by atoms with Crippen molar-refractivity contribution in [3.8, 4) is 0 Å². The van der Waals surface area contributed by atoms with Gasteiger partial charge in [0.25, 0.3) is 0 Å². The first kappa shape index (κ1) is 23.3. The smallest absolute Gasteiger partial charge is 0.168 e. The van der Waals surface area contributed by atoms with Crippen molar-refractivity contribution in [3.05, 3.63) is 40.3 Å². The molecule has 5 nitrogen and oxygen atoms in total. The van der Waals surface area contributed by atoms with Crippen molar-refractivity contribution in [2.45, 2.75) is 79.2 Å². The number of fused-ring (bicyclic) bond motifs is 3. The Labute approximate surface area is 192 Å². The van der Waals surface area contributed by atoms with Gasteiger partial charge in [0.15, 0.2) is 5.78 Å². The SMILES string of the molecule is C[C@@H]1CC(C(=O)c2cccc(N=[N+]=[N-])c2)C(O)[C@@]2(C)CC[C@H]3[C@H](C)CC[C@@H](C[C@H]12)C3(C)C. The first-order chi connectivity index (χ1) is 15.1. The Hall–Kier alpha value is -1.84. The summed E-state index contributed by atoms with van der Waals surface area (Å²) in [7, 11) is 0. The van der Waals surface area contributed by atoms with Gasteiger partial charge in [-0.05, 0) is 84.1 Å². The lowest BCUT2D eigenvalue weighted by molar-refractivity contribution is -0.135. The van der Waals surface area contributed by atoms with Crippen molar-refractivity contribution >= 4 is 11.5 Å². The average Bonchev–Trinajstić information content (AvgIpc) is 2.74. The second-order valence-electron chi connectivity index (χ2n) is 11.9. The predicted molar refractivity (Wildman–Crippen MR) is 127 cm³/mol. The quantitative estimate of drug-likeness (QED) is 0.232. The second kappa shape index (κ2) is 8.50. The number of aliphatic hydroxyl groups excluding tert-OH is 1. The summed E-state index contributed by atoms with van der Waals surface area (Å²) in [5, 5.41) is 15.4. The third-order valence-electron chi connectivity index (χ3n) is 10.0. The number of hydrogen-bond acceptors (Lipinski definition) is 3. The van der Waals surface area contributed by atoms with Gasteiger partial charge in [-0.3, -0.25) is 4.79 Å². The minimum absolute atomic E-state index is 0.0185. The number of azide groups is 1. The van der Waals surface area contributed by atoms with E-state index in [0.29, 0.717) is 40.3 Å². The standard InChI is InChI=1S/C27H39N3O2/c1-16-9-10-19-15-23-17(2)13-21(24(31)18-7-6-8-20(14-18)29-30-28)25(32)27(23,5)12-11-22(16)26(19,3)4/h6-8,14,16-17,19,21-23,25,32H,9-13,15H2,1-5H3/t16-,17-,19+,21?,22+,23-,25?,27+/m1/s1. The Morgan fingerprint density at radius 2 is 1.84 bits per heavy atom. The van der Waals surface area contributed by atoms with Crippen LogP contribution in [-0.4, -0.2) is 17.0 Å². The fourth-order valence-electron chi connectivity index (χ4n) is 8.02. The van der Waals surface area contributed by atoms with E-state index in [1.165, 1.54) is 12.8 Å². The molecule has 0 radical (unpaired) electrons. The minimum atomic E-state index is -0.642. The van der Waals surface area contributed by atoms with Crippen LogP contribution in [0, 0.1) is 46.3 Å². The number of ketones is 1. The summed E-state index contributed by atoms with van der Waals surface area (Å²) >= 11 is 0. The van der Waals surface area contributed by atoms with E-state index >= 15 is 0 Å². The zero-order chi connectivity index (χ0) is 23.3. The highest BCUT2D eigenvalue weighted by atomic mass is 16.3. The van der Waals surface area contributed by atoms with Crippen LogP contribution in [0.15, 0.2) is 29.4 Å². The highest BCUT2D eigenvalue weighted by Crippen LogP contribution is 2.61. The van der Waals surface area contributed by atoms with Gasteiger partial charge in [-0.2, -0.15) is 0 Å². The lowest BCUT2D eigenvalue weighted by Crippen LogP contribution is -2.56. The molecule has 0 saturated heterocycles. The molecule has 2 unspecified atom stereocenters. The number of carbonyl (C=O) groups is 1. The van der Waals surface area contributed by atoms with Gasteiger partial charge in [0.05, 0.1) is 6.10 Å². The Bertz CT molecular complexity index is 921. The summed E-state index contributed by atoms with van der Waals surface area (Å²) < 4.78 is 0. The number of hydrogen-bond donors (Lipinski definition) is 1. The minimum Gasteiger partial charge on any atom is -0.392 e. The molecule has 0 spiro atoms. The molecule has 1 aromatic rings. The molecule has 3 aliphatic carbocycles. The van der Waals surface area contributed by atoms with E-state index in [0.717, 1.165) is 31.6 Å². The molecule has 32 heavy (non-hydrogen) atoms. The van der Waals surface area contributed by atoms with E-state index in [9.17, 15) is 9.90 Å². The van der Waals surface area contributed by atoms with E-state index in [4.69, 9.17) is 5.53 Å². The van der Waals surface area contributed by atoms with Gasteiger partial charge in [-0.15, -0.1) is 0 Å². The average molecular weight is 438 g/mol. The number of Topliss-reactive ketones (excluding diaryl/α,β-unsaturated/α-hetero) is 1. The molecule has 3 aliphatic rings. The van der Waals surface area contributed by atoms with Crippen molar-refractivity contribution in [1.29, 1.82) is 0 Å². The molecule has 174 valence electrons. The van der Waals surface area contributed by atoms with Gasteiger partial charge < -0.3 is 5.11 Å². The molecule has 1 aromatic carbocycles. The lowest BCUT2D eigenvalue weighted by atomic mass is 9.47. The van der Waals surface area contributed by atoms with Gasteiger partial charge in [-0.25, -0.2) is 0 Å². The summed E-state index contributed by atoms with van der Waals surface area (Å²) in [5.41, 5.74) is 9.82. The maximum Gasteiger partial charge on any atom is 0.168 e. The molecule has 0 heterocycles. The van der Waals surface area contributed by atoms with Crippen molar-refractivity contribution < 1.29 is 9.90 Å². The summed E-state index contributed by atoms with van der Waals surface area (Å²) in [6.07, 6.45) is 5.97. The molecule has 3 fully saturated rings. The fraction of sp³-hybridized carbons (Fsp3) is 0.741. The maximum absolute atomic E-state index is 13.5. The second-order valence-corrected chi connectivity index (χ2v) is 11.9. The van der Waals surface area contributed by atoms with Crippen LogP contribution in [0.5, 0.6) is 0 Å². The molecule has 8 atom stereocenters. The van der Waals surface area contributed by atoms with E-state index in [1.54, 1.807) is 24.3 Å². The topological polar surface area (TPSA) is 86.1 Å². The van der Waals surface area contributed by atoms with Crippen LogP contribution >= 0.6 is 0 Å². The molecule has 0 aliphatic heterocycles. The van der Waals surface area contributed by atoms with Crippen molar-refractivity contribution in [1.82, 2.24) is 0 Å². The van der Waals surface area contributed by atoms with Gasteiger partial charge in [0.1, 0.15) is 0 Å². The van der Waals surface area contributed by atoms with Gasteiger partial charge in [0, 0.05) is 22.1 Å². The summed E-state index contributed by atoms with van der Waals surface area (Å²) in [6, 6.07) is 6.88. The van der Waals surface area contributed by atoms with Crippen LogP contribution in [0.1, 0.15) is 83.5 Å². The molecular formula is C27H39N3O2. The lowest BCUT2D eigenvalue weighted by Gasteiger charge is -2.59. The molecule has 0 aromatic heterocycles. The number of nitrogens with zero attached hydrogens (tertiary/aromatic N) is 3. The fourth-order valence-corrected chi connectivity index (χ4v) is 8.02. The molecule has 3 saturated carbocycles. The van der Waals surface area contributed by atoms with Gasteiger partial charge in [0.2, 0.25) is 0 Å². The highest BCUT2D eigenvalue weighted by molar-refractivity contribution is 5.99. The number of rotatable bonds is 3. The summed E-state index contributed by atoms with van der Waals surface area (Å²) in [6.45, 7) is 11.9. The van der Waals surface area contributed by atoms with Crippen LogP contribution in [0.2, 0.25) is 0 Å². The number of aliphatic hydroxyl groups is 1. The van der Waals surface area contributed by atoms with Crippen LogP contribution < -0.4 is 0 Å². The van der Waals surface area contributed by atoms with Gasteiger partial charge in [-0.1, -0.05) is 64.4 Å². The largest absolute Gasteiger partial charge is 0.392 e. The molecular weight excluding hydrogens is 398 g/mol. The summed E-state index contributed by atoms with van der Waals surface area (Å²) in [4.78, 5) is 16.4. The van der Waals surface area contributed by atoms with Crippen LogP contribution in [0.25, 0.3) is 10.4 Å². The zero-order valence-corrected chi connectivity index (χ0v) is 20.3. The van der Waals surface area contributed by atoms with Crippen LogP contribution in [-0.2, 0) is 0 Å². The molecule has 5 heteroatoms. The van der Waals surface area contributed by atoms with Crippen LogP contribution in [0.4, 0.5) is 5.69 Å². The van der Waals surface area contributed by atoms with E-state index in [1.807, 2.05) is 0 Å². The van der Waals surface area contributed by atoms with Crippen molar-refractivity contribution in [3.63, 3.8) is 0 Å². The third kappa shape index (κ3) is 3.78. The maximum atomic E-state index is 13.5. The van der Waals surface area contributed by atoms with Gasteiger partial charge >= 0.3 is 0 Å². The third-order valence-corrected chi connectivity index (χ3v) is 10.0. The molecule has 4 rings (SSSR count). The first-order valence-electron chi connectivity index (χ1n) is 12.5. The Morgan fingerprint density at radius 1 is 1.09 bits per heavy atom. The summed E-state index contributed by atoms with van der Waals surface area (Å²) in [5.74, 6) is 2.50. The van der Waals surface area contributed by atoms with Crippen molar-refractivity contribution in [2.75, 3.05) is 0 Å². The van der Waals surface area contributed by atoms with Crippen molar-refractivity contribution in [2.24, 2.45) is 51.5 Å². The van der Waals surface area contributed by atoms with E-state index in [2.05, 4.69) is 44.6 Å². The monoisotopic (exact) mass is 437 g/mol. The van der Waals surface area contributed by atoms with E-state index < -0.39 is 12.0 Å². The molecule has 1 N–H and O–H groups in total. The Balaban J connectivity index is 1.65.